The average molecular weight is 312 g/mol. The lowest BCUT2D eigenvalue weighted by molar-refractivity contribution is 0.476. The smallest absolute Gasteiger partial charge is 0.215 e. The fourth-order valence-electron chi connectivity index (χ4n) is 2.57. The Morgan fingerprint density at radius 1 is 1.20 bits per heavy atom. The molecule has 0 heterocycles. The number of nitrogens with two attached hydrogens (primary N) is 1. The number of rotatable bonds is 5. The lowest BCUT2D eigenvalue weighted by atomic mass is 10.0. The van der Waals surface area contributed by atoms with Gasteiger partial charge < -0.3 is 5.73 Å². The van der Waals surface area contributed by atoms with Crippen molar-refractivity contribution < 1.29 is 8.42 Å². The van der Waals surface area contributed by atoms with Crippen molar-refractivity contribution in [1.82, 2.24) is 4.72 Å². The first-order chi connectivity index (χ1) is 9.50. The van der Waals surface area contributed by atoms with Crippen LogP contribution in [0.25, 0.3) is 0 Å². The molecule has 1 unspecified atom stereocenters. The quantitative estimate of drug-likeness (QED) is 0.818. The summed E-state index contributed by atoms with van der Waals surface area (Å²) >= 11 is 5.02. The number of sulfonamides is 1. The molecule has 20 heavy (non-hydrogen) atoms. The van der Waals surface area contributed by atoms with Gasteiger partial charge in [0.25, 0.3) is 0 Å². The predicted octanol–water partition coefficient (Wildman–Crippen LogP) is 2.27. The SMILES string of the molecule is NC(=S)C(NS(=O)(=O)C1CCCCC1)c1ccccc1. The van der Waals surface area contributed by atoms with Crippen molar-refractivity contribution in [3.8, 4) is 0 Å². The highest BCUT2D eigenvalue weighted by Gasteiger charge is 2.30. The molecule has 1 aliphatic carbocycles. The molecule has 3 N–H and O–H groups in total. The number of benzene rings is 1. The van der Waals surface area contributed by atoms with Crippen molar-refractivity contribution in [1.29, 1.82) is 0 Å². The first-order valence-electron chi connectivity index (χ1n) is 6.86. The van der Waals surface area contributed by atoms with Gasteiger partial charge >= 0.3 is 0 Å². The monoisotopic (exact) mass is 312 g/mol. The molecule has 1 aliphatic rings. The van der Waals surface area contributed by atoms with Crippen LogP contribution < -0.4 is 10.5 Å². The molecule has 4 nitrogen and oxygen atoms in total. The van der Waals surface area contributed by atoms with Gasteiger partial charge in [-0.15, -0.1) is 0 Å². The highest BCUT2D eigenvalue weighted by molar-refractivity contribution is 7.90. The van der Waals surface area contributed by atoms with Crippen LogP contribution >= 0.6 is 12.2 Å². The summed E-state index contributed by atoms with van der Waals surface area (Å²) in [5.74, 6) is 0. The molecular weight excluding hydrogens is 292 g/mol. The molecule has 0 bridgehead atoms. The summed E-state index contributed by atoms with van der Waals surface area (Å²) in [5, 5.41) is -0.322. The molecule has 2 rings (SSSR count). The molecule has 1 atom stereocenters. The van der Waals surface area contributed by atoms with Gasteiger partial charge in [-0.3, -0.25) is 0 Å². The van der Waals surface area contributed by atoms with Gasteiger partial charge in [0.15, 0.2) is 0 Å². The van der Waals surface area contributed by atoms with E-state index in [0.29, 0.717) is 12.8 Å². The van der Waals surface area contributed by atoms with Gasteiger partial charge in [-0.05, 0) is 18.4 Å². The Kier molecular flexibility index (Phi) is 5.12. The summed E-state index contributed by atoms with van der Waals surface area (Å²) in [6, 6.07) is 8.58. The Labute approximate surface area is 125 Å². The van der Waals surface area contributed by atoms with E-state index in [1.54, 1.807) is 0 Å². The van der Waals surface area contributed by atoms with Gasteiger partial charge in [0.2, 0.25) is 10.0 Å². The van der Waals surface area contributed by atoms with E-state index in [2.05, 4.69) is 4.72 Å². The highest BCUT2D eigenvalue weighted by Crippen LogP contribution is 2.25. The molecule has 110 valence electrons. The number of hydrogen-bond donors (Lipinski definition) is 2. The Morgan fingerprint density at radius 3 is 2.35 bits per heavy atom. The van der Waals surface area contributed by atoms with Crippen LogP contribution in [0.2, 0.25) is 0 Å². The van der Waals surface area contributed by atoms with E-state index in [9.17, 15) is 8.42 Å². The Hall–Kier alpha value is -0.980. The molecule has 1 aromatic carbocycles. The molecule has 0 radical (unpaired) electrons. The van der Waals surface area contributed by atoms with Crippen LogP contribution in [0, 0.1) is 0 Å². The van der Waals surface area contributed by atoms with Gasteiger partial charge in [-0.1, -0.05) is 61.8 Å². The van der Waals surface area contributed by atoms with E-state index >= 15 is 0 Å². The van der Waals surface area contributed by atoms with Crippen LogP contribution in [0.4, 0.5) is 0 Å². The molecule has 1 aromatic rings. The third-order valence-corrected chi connectivity index (χ3v) is 5.84. The zero-order chi connectivity index (χ0) is 14.6. The third kappa shape index (κ3) is 3.77. The van der Waals surface area contributed by atoms with Crippen molar-refractivity contribution in [2.75, 3.05) is 0 Å². The minimum Gasteiger partial charge on any atom is -0.392 e. The summed E-state index contributed by atoms with van der Waals surface area (Å²) in [6.07, 6.45) is 4.48. The van der Waals surface area contributed by atoms with E-state index < -0.39 is 16.1 Å². The van der Waals surface area contributed by atoms with Crippen molar-refractivity contribution in [2.24, 2.45) is 5.73 Å². The molecule has 1 fully saturated rings. The topological polar surface area (TPSA) is 72.2 Å². The lowest BCUT2D eigenvalue weighted by Gasteiger charge is -2.25. The van der Waals surface area contributed by atoms with Crippen molar-refractivity contribution >= 4 is 27.2 Å². The van der Waals surface area contributed by atoms with Crippen molar-refractivity contribution in [3.05, 3.63) is 35.9 Å². The van der Waals surface area contributed by atoms with E-state index in [1.165, 1.54) is 0 Å². The third-order valence-electron chi connectivity index (χ3n) is 3.69. The molecule has 0 aliphatic heterocycles. The fraction of sp³-hybridized carbons (Fsp3) is 0.500. The van der Waals surface area contributed by atoms with E-state index in [4.69, 9.17) is 18.0 Å². The second kappa shape index (κ2) is 6.65. The normalized spacial score (nSPS) is 18.6. The van der Waals surface area contributed by atoms with E-state index in [0.717, 1.165) is 24.8 Å². The largest absolute Gasteiger partial charge is 0.392 e. The Balaban J connectivity index is 2.18. The van der Waals surface area contributed by atoms with Crippen LogP contribution in [0.1, 0.15) is 43.7 Å². The summed E-state index contributed by atoms with van der Waals surface area (Å²) in [4.78, 5) is 0.149. The highest BCUT2D eigenvalue weighted by atomic mass is 32.2. The minimum atomic E-state index is -3.39. The number of nitrogens with one attached hydrogen (secondary N) is 1. The molecule has 0 aromatic heterocycles. The standard InChI is InChI=1S/C14H20N2O2S2/c15-14(19)13(11-7-3-1-4-8-11)16-20(17,18)12-9-5-2-6-10-12/h1,3-4,7-8,12-13,16H,2,5-6,9-10H2,(H2,15,19). The van der Waals surface area contributed by atoms with Gasteiger partial charge in [0, 0.05) is 0 Å². The summed E-state index contributed by atoms with van der Waals surface area (Å²) in [7, 11) is -3.39. The summed E-state index contributed by atoms with van der Waals surface area (Å²) in [5.41, 5.74) is 6.49. The van der Waals surface area contributed by atoms with Crippen LogP contribution in [0.15, 0.2) is 30.3 Å². The maximum absolute atomic E-state index is 12.4. The molecule has 0 spiro atoms. The second-order valence-electron chi connectivity index (χ2n) is 5.17. The predicted molar refractivity (Wildman–Crippen MR) is 84.9 cm³/mol. The fourth-order valence-corrected chi connectivity index (χ4v) is 4.58. The van der Waals surface area contributed by atoms with Gasteiger partial charge in [-0.2, -0.15) is 0 Å². The molecule has 6 heteroatoms. The van der Waals surface area contributed by atoms with Crippen molar-refractivity contribution in [3.63, 3.8) is 0 Å². The van der Waals surface area contributed by atoms with Gasteiger partial charge in [-0.25, -0.2) is 13.1 Å². The zero-order valence-electron chi connectivity index (χ0n) is 11.3. The van der Waals surface area contributed by atoms with Crippen LogP contribution in [-0.2, 0) is 10.0 Å². The summed E-state index contributed by atoms with van der Waals surface area (Å²) in [6.45, 7) is 0. The van der Waals surface area contributed by atoms with Crippen LogP contribution in [0.5, 0.6) is 0 Å². The molecule has 0 amide bonds. The maximum Gasteiger partial charge on any atom is 0.215 e. The van der Waals surface area contributed by atoms with E-state index in [1.807, 2.05) is 30.3 Å². The van der Waals surface area contributed by atoms with Crippen molar-refractivity contribution in [2.45, 2.75) is 43.4 Å². The maximum atomic E-state index is 12.4. The number of hydrogen-bond acceptors (Lipinski definition) is 3. The van der Waals surface area contributed by atoms with Crippen LogP contribution in [0.3, 0.4) is 0 Å². The second-order valence-corrected chi connectivity index (χ2v) is 7.63. The Bertz CT molecular complexity index is 552. The first-order valence-corrected chi connectivity index (χ1v) is 8.81. The number of thiocarbonyl (C=S) groups is 1. The zero-order valence-corrected chi connectivity index (χ0v) is 12.9. The molecular formula is C14H20N2O2S2. The lowest BCUT2D eigenvalue weighted by Crippen LogP contribution is -2.42. The first kappa shape index (κ1) is 15.4. The average Bonchev–Trinajstić information content (AvgIpc) is 2.46. The minimum absolute atomic E-state index is 0.149. The molecule has 1 saturated carbocycles. The van der Waals surface area contributed by atoms with Gasteiger partial charge in [0.05, 0.1) is 16.3 Å². The van der Waals surface area contributed by atoms with Gasteiger partial charge in [0.1, 0.15) is 0 Å². The Morgan fingerprint density at radius 2 is 1.80 bits per heavy atom. The molecule has 0 saturated heterocycles. The summed E-state index contributed by atoms with van der Waals surface area (Å²) < 4.78 is 27.6. The van der Waals surface area contributed by atoms with E-state index in [-0.39, 0.29) is 10.2 Å². The van der Waals surface area contributed by atoms with Crippen LogP contribution in [-0.4, -0.2) is 18.7 Å².